The molecule has 0 bridgehead atoms. The number of nitrogens with one attached hydrogen (secondary N) is 1. The summed E-state index contributed by atoms with van der Waals surface area (Å²) in [5.41, 5.74) is 4.84. The van der Waals surface area contributed by atoms with Crippen molar-refractivity contribution < 1.29 is 32.6 Å². The Bertz CT molecular complexity index is 1140. The lowest BCUT2D eigenvalue weighted by Crippen LogP contribution is -2.17. The summed E-state index contributed by atoms with van der Waals surface area (Å²) in [7, 11) is 0. The van der Waals surface area contributed by atoms with Gasteiger partial charge in [0.15, 0.2) is 0 Å². The zero-order valence-corrected chi connectivity index (χ0v) is 19.0. The molecule has 3 aromatic rings. The van der Waals surface area contributed by atoms with Gasteiger partial charge in [-0.2, -0.15) is 0 Å². The lowest BCUT2D eigenvalue weighted by molar-refractivity contribution is -0.274. The van der Waals surface area contributed by atoms with Crippen molar-refractivity contribution in [3.8, 4) is 16.9 Å². The Hall–Kier alpha value is -3.85. The summed E-state index contributed by atoms with van der Waals surface area (Å²) >= 11 is 0. The average molecular weight is 486 g/mol. The monoisotopic (exact) mass is 486 g/mol. The maximum Gasteiger partial charge on any atom is 0.573 e. The van der Waals surface area contributed by atoms with Crippen molar-refractivity contribution in [1.82, 2.24) is 5.32 Å². The molecule has 0 spiro atoms. The van der Waals surface area contributed by atoms with E-state index < -0.39 is 12.3 Å². The maximum absolute atomic E-state index is 12.4. The van der Waals surface area contributed by atoms with E-state index in [4.69, 9.17) is 9.94 Å². The first kappa shape index (κ1) is 25.8. The Morgan fingerprint density at radius 1 is 0.971 bits per heavy atom. The van der Waals surface area contributed by atoms with Gasteiger partial charge >= 0.3 is 12.3 Å². The topological polar surface area (TPSA) is 80.2 Å². The lowest BCUT2D eigenvalue weighted by Gasteiger charge is -2.10. The van der Waals surface area contributed by atoms with E-state index in [-0.39, 0.29) is 18.8 Å². The van der Waals surface area contributed by atoms with E-state index in [0.29, 0.717) is 24.4 Å². The third-order valence-corrected chi connectivity index (χ3v) is 5.00. The molecule has 0 amide bonds. The lowest BCUT2D eigenvalue weighted by atomic mass is 10.0. The molecule has 0 heterocycles. The number of hydrogen-bond acceptors (Lipinski definition) is 5. The van der Waals surface area contributed by atoms with Gasteiger partial charge in [-0.05, 0) is 46.9 Å². The molecular formula is C26H25F3N2O4. The van der Waals surface area contributed by atoms with Crippen LogP contribution in [0.15, 0.2) is 78.0 Å². The van der Waals surface area contributed by atoms with Crippen LogP contribution in [0.4, 0.5) is 13.2 Å². The van der Waals surface area contributed by atoms with Crippen LogP contribution in [-0.2, 0) is 22.8 Å². The summed E-state index contributed by atoms with van der Waals surface area (Å²) in [6.45, 7) is 3.06. The van der Waals surface area contributed by atoms with Crippen LogP contribution in [0.2, 0.25) is 0 Å². The zero-order valence-electron chi connectivity index (χ0n) is 19.0. The Kier molecular flexibility index (Phi) is 8.86. The molecule has 184 valence electrons. The van der Waals surface area contributed by atoms with Gasteiger partial charge in [-0.3, -0.25) is 4.79 Å². The molecule has 0 aliphatic heterocycles. The van der Waals surface area contributed by atoms with Crippen LogP contribution in [0.25, 0.3) is 11.1 Å². The number of aliphatic carboxylic acids is 1. The first-order chi connectivity index (χ1) is 16.7. The number of oxime groups is 1. The van der Waals surface area contributed by atoms with Crippen LogP contribution in [-0.4, -0.2) is 29.7 Å². The van der Waals surface area contributed by atoms with Crippen molar-refractivity contribution in [2.45, 2.75) is 32.9 Å². The Morgan fingerprint density at radius 3 is 2.31 bits per heavy atom. The van der Waals surface area contributed by atoms with Crippen molar-refractivity contribution in [3.63, 3.8) is 0 Å². The van der Waals surface area contributed by atoms with E-state index in [0.717, 1.165) is 22.3 Å². The number of nitrogens with zero attached hydrogens (tertiary/aromatic N) is 1. The highest BCUT2D eigenvalue weighted by Crippen LogP contribution is 2.28. The second-order valence-corrected chi connectivity index (χ2v) is 7.74. The van der Waals surface area contributed by atoms with Gasteiger partial charge in [-0.15, -0.1) is 13.2 Å². The highest BCUT2D eigenvalue weighted by atomic mass is 19.4. The second-order valence-electron chi connectivity index (χ2n) is 7.74. The summed E-state index contributed by atoms with van der Waals surface area (Å²) in [6.07, 6.45) is -4.66. The summed E-state index contributed by atoms with van der Waals surface area (Å²) in [4.78, 5) is 16.0. The molecule has 6 nitrogen and oxygen atoms in total. The first-order valence-corrected chi connectivity index (χ1v) is 10.8. The standard InChI is InChI=1S/C26H25F3N2O4/c1-18(21-9-5-19(6-10-21)16-30-14-13-25(32)33)31-34-17-20-7-11-22(12-8-20)23-3-2-4-24(15-23)35-26(27,28)29/h2-12,15,30H,13-14,16-17H2,1H3,(H,32,33)/b31-18+. The Balaban J connectivity index is 1.51. The number of carboxylic acid groups (broad SMARTS) is 1. The minimum atomic E-state index is -4.74. The van der Waals surface area contributed by atoms with Crippen molar-refractivity contribution in [2.75, 3.05) is 6.54 Å². The van der Waals surface area contributed by atoms with Gasteiger partial charge in [0.25, 0.3) is 0 Å². The highest BCUT2D eigenvalue weighted by molar-refractivity contribution is 5.98. The third-order valence-electron chi connectivity index (χ3n) is 5.00. The smallest absolute Gasteiger partial charge is 0.481 e. The molecule has 0 aromatic heterocycles. The van der Waals surface area contributed by atoms with Gasteiger partial charge in [0, 0.05) is 13.1 Å². The number of halogens is 3. The van der Waals surface area contributed by atoms with Gasteiger partial charge in [-0.25, -0.2) is 0 Å². The number of alkyl halides is 3. The van der Waals surface area contributed by atoms with Gasteiger partial charge < -0.3 is 20.0 Å². The van der Waals surface area contributed by atoms with Crippen molar-refractivity contribution >= 4 is 11.7 Å². The minimum absolute atomic E-state index is 0.0774. The third kappa shape index (κ3) is 8.78. The predicted octanol–water partition coefficient (Wildman–Crippen LogP) is 5.76. The summed E-state index contributed by atoms with van der Waals surface area (Å²) < 4.78 is 41.3. The molecule has 0 saturated heterocycles. The zero-order chi connectivity index (χ0) is 25.3. The number of rotatable bonds is 11. The molecule has 0 atom stereocenters. The molecule has 0 fully saturated rings. The van der Waals surface area contributed by atoms with E-state index in [1.54, 1.807) is 18.2 Å². The largest absolute Gasteiger partial charge is 0.573 e. The molecule has 0 aliphatic rings. The summed E-state index contributed by atoms with van der Waals surface area (Å²) in [6, 6.07) is 20.8. The van der Waals surface area contributed by atoms with Crippen molar-refractivity contribution in [2.24, 2.45) is 5.16 Å². The molecule has 0 aliphatic carbocycles. The summed E-state index contributed by atoms with van der Waals surface area (Å²) in [5.74, 6) is -1.10. The summed E-state index contributed by atoms with van der Waals surface area (Å²) in [5, 5.41) is 15.9. The predicted molar refractivity (Wildman–Crippen MR) is 126 cm³/mol. The second kappa shape index (κ2) is 12.0. The van der Waals surface area contributed by atoms with Gasteiger partial charge in [0.2, 0.25) is 0 Å². The van der Waals surface area contributed by atoms with E-state index >= 15 is 0 Å². The number of ether oxygens (including phenoxy) is 1. The molecule has 3 rings (SSSR count). The van der Waals surface area contributed by atoms with Crippen LogP contribution < -0.4 is 10.1 Å². The molecule has 0 radical (unpaired) electrons. The number of carboxylic acids is 1. The molecule has 2 N–H and O–H groups in total. The molecular weight excluding hydrogens is 461 g/mol. The first-order valence-electron chi connectivity index (χ1n) is 10.8. The van der Waals surface area contributed by atoms with E-state index in [1.165, 1.54) is 18.2 Å². The Morgan fingerprint density at radius 2 is 1.66 bits per heavy atom. The number of hydrogen-bond donors (Lipinski definition) is 2. The molecule has 35 heavy (non-hydrogen) atoms. The molecule has 0 unspecified atom stereocenters. The van der Waals surface area contributed by atoms with Crippen LogP contribution in [0, 0.1) is 0 Å². The van der Waals surface area contributed by atoms with Crippen LogP contribution >= 0.6 is 0 Å². The fourth-order valence-electron chi connectivity index (χ4n) is 3.21. The Labute approximate surface area is 201 Å². The van der Waals surface area contributed by atoms with Crippen LogP contribution in [0.5, 0.6) is 5.75 Å². The van der Waals surface area contributed by atoms with Crippen molar-refractivity contribution in [3.05, 3.63) is 89.5 Å². The fraction of sp³-hybridized carbons (Fsp3) is 0.231. The highest BCUT2D eigenvalue weighted by Gasteiger charge is 2.31. The maximum atomic E-state index is 12.4. The van der Waals surface area contributed by atoms with Crippen molar-refractivity contribution in [1.29, 1.82) is 0 Å². The number of carbonyl (C=O) groups is 1. The minimum Gasteiger partial charge on any atom is -0.481 e. The van der Waals surface area contributed by atoms with Gasteiger partial charge in [-0.1, -0.05) is 65.8 Å². The molecule has 9 heteroatoms. The fourth-order valence-corrected chi connectivity index (χ4v) is 3.21. The van der Waals surface area contributed by atoms with Crippen LogP contribution in [0.3, 0.4) is 0 Å². The van der Waals surface area contributed by atoms with E-state index in [2.05, 4.69) is 15.2 Å². The normalized spacial score (nSPS) is 11.8. The quantitative estimate of drug-likeness (QED) is 0.205. The van der Waals surface area contributed by atoms with Gasteiger partial charge in [0.05, 0.1) is 12.1 Å². The van der Waals surface area contributed by atoms with Gasteiger partial charge in [0.1, 0.15) is 12.4 Å². The molecule has 3 aromatic carbocycles. The SMILES string of the molecule is C/C(=N\OCc1ccc(-c2cccc(OC(F)(F)F)c2)cc1)c1ccc(CNCCC(=O)O)cc1. The van der Waals surface area contributed by atoms with E-state index in [1.807, 2.05) is 43.3 Å². The molecule has 0 saturated carbocycles. The van der Waals surface area contributed by atoms with E-state index in [9.17, 15) is 18.0 Å². The van der Waals surface area contributed by atoms with Crippen LogP contribution in [0.1, 0.15) is 30.0 Å². The number of benzene rings is 3. The average Bonchev–Trinajstić information content (AvgIpc) is 2.81.